The molecule has 3 aliphatic heterocycles. The van der Waals surface area contributed by atoms with Crippen molar-refractivity contribution in [1.29, 1.82) is 5.26 Å². The van der Waals surface area contributed by atoms with E-state index in [9.17, 15) is 5.26 Å². The summed E-state index contributed by atoms with van der Waals surface area (Å²) in [5, 5.41) is 9.25. The second-order valence-corrected chi connectivity index (χ2v) is 9.18. The molecule has 33 heavy (non-hydrogen) atoms. The van der Waals surface area contributed by atoms with Crippen LogP contribution in [0.2, 0.25) is 0 Å². The van der Waals surface area contributed by atoms with Gasteiger partial charge in [-0.15, -0.1) is 0 Å². The van der Waals surface area contributed by atoms with Crippen LogP contribution in [0.5, 0.6) is 0 Å². The molecule has 1 unspecified atom stereocenters. The lowest BCUT2D eigenvalue weighted by molar-refractivity contribution is 0.0732. The van der Waals surface area contributed by atoms with Gasteiger partial charge in [0.05, 0.1) is 23.7 Å². The maximum Gasteiger partial charge on any atom is 0.178 e. The maximum absolute atomic E-state index is 9.25. The summed E-state index contributed by atoms with van der Waals surface area (Å²) in [5.41, 5.74) is 12.0. The molecule has 2 aromatic rings. The van der Waals surface area contributed by atoms with Crippen molar-refractivity contribution < 1.29 is 0 Å². The second kappa shape index (κ2) is 8.50. The van der Waals surface area contributed by atoms with Gasteiger partial charge >= 0.3 is 0 Å². The number of nitrogens with two attached hydrogens (primary N) is 1. The van der Waals surface area contributed by atoms with Crippen LogP contribution in [0, 0.1) is 11.3 Å². The smallest absolute Gasteiger partial charge is 0.178 e. The molecule has 1 aromatic heterocycles. The molecule has 170 valence electrons. The Labute approximate surface area is 194 Å². The number of aryl methyl sites for hydroxylation is 1. The Kier molecular flexibility index (Phi) is 5.52. The number of piperidine rings is 1. The van der Waals surface area contributed by atoms with E-state index in [1.54, 1.807) is 0 Å². The van der Waals surface area contributed by atoms with Crippen LogP contribution in [-0.4, -0.2) is 71.1 Å². The molecule has 3 aliphatic rings. The van der Waals surface area contributed by atoms with Crippen LogP contribution < -0.4 is 10.6 Å². The van der Waals surface area contributed by atoms with Gasteiger partial charge in [0.2, 0.25) is 0 Å². The zero-order valence-corrected chi connectivity index (χ0v) is 19.4. The number of hydrogen-bond acceptors (Lipinski definition) is 7. The number of rotatable bonds is 3. The quantitative estimate of drug-likeness (QED) is 0.784. The summed E-state index contributed by atoms with van der Waals surface area (Å²) in [6.45, 7) is 2.64. The summed E-state index contributed by atoms with van der Waals surface area (Å²) in [7, 11) is 6.21. The monoisotopic (exact) mass is 442 g/mol. The highest BCUT2D eigenvalue weighted by molar-refractivity contribution is 6.16. The molecule has 1 saturated heterocycles. The molecular weight excluding hydrogens is 412 g/mol. The first kappa shape index (κ1) is 21.4. The normalized spacial score (nSPS) is 21.8. The Morgan fingerprint density at radius 1 is 1.09 bits per heavy atom. The van der Waals surface area contributed by atoms with Gasteiger partial charge in [-0.3, -0.25) is 4.90 Å². The molecule has 0 aliphatic carbocycles. The molecule has 0 amide bonds. The summed E-state index contributed by atoms with van der Waals surface area (Å²) in [5.74, 6) is 1.11. The van der Waals surface area contributed by atoms with Crippen LogP contribution in [0.3, 0.4) is 0 Å². The van der Waals surface area contributed by atoms with Crippen molar-refractivity contribution >= 4 is 17.6 Å². The number of imidazole rings is 1. The molecule has 1 atom stereocenters. The lowest BCUT2D eigenvalue weighted by atomic mass is 9.92. The number of nitriles is 1. The number of hydrogen-bond donors (Lipinski definition) is 1. The molecule has 5 rings (SSSR count). The zero-order valence-electron chi connectivity index (χ0n) is 19.4. The van der Waals surface area contributed by atoms with E-state index >= 15 is 0 Å². The highest BCUT2D eigenvalue weighted by Gasteiger charge is 2.32. The van der Waals surface area contributed by atoms with Crippen molar-refractivity contribution in [3.63, 3.8) is 0 Å². The molecule has 0 saturated carbocycles. The molecular formula is C25H30N8. The van der Waals surface area contributed by atoms with E-state index in [1.165, 1.54) is 5.57 Å². The van der Waals surface area contributed by atoms with Gasteiger partial charge in [-0.05, 0) is 36.6 Å². The first-order chi connectivity index (χ1) is 15.9. The molecule has 1 fully saturated rings. The molecule has 8 heteroatoms. The highest BCUT2D eigenvalue weighted by atomic mass is 15.4. The van der Waals surface area contributed by atoms with E-state index in [0.29, 0.717) is 5.56 Å². The third-order valence-electron chi connectivity index (χ3n) is 6.74. The number of likely N-dealkylation sites (N-methyl/N-ethyl adjacent to an activating group) is 1. The van der Waals surface area contributed by atoms with Gasteiger partial charge in [0.15, 0.2) is 6.29 Å². The van der Waals surface area contributed by atoms with Crippen LogP contribution in [0.4, 0.5) is 5.82 Å². The number of fused-ring (bicyclic) bond motifs is 1. The van der Waals surface area contributed by atoms with Crippen LogP contribution in [0.15, 0.2) is 52.9 Å². The van der Waals surface area contributed by atoms with E-state index < -0.39 is 0 Å². The first-order valence-electron chi connectivity index (χ1n) is 11.4. The van der Waals surface area contributed by atoms with Gasteiger partial charge in [0.1, 0.15) is 11.5 Å². The topological polar surface area (TPSA) is 89.7 Å². The fourth-order valence-corrected chi connectivity index (χ4v) is 4.98. The minimum atomic E-state index is -0.0702. The summed E-state index contributed by atoms with van der Waals surface area (Å²) >= 11 is 0. The Hall–Kier alpha value is -3.41. The van der Waals surface area contributed by atoms with E-state index in [4.69, 9.17) is 10.7 Å². The minimum absolute atomic E-state index is 0.0702. The number of anilines is 1. The van der Waals surface area contributed by atoms with E-state index in [-0.39, 0.29) is 12.3 Å². The Morgan fingerprint density at radius 3 is 2.52 bits per heavy atom. The molecule has 1 aromatic carbocycles. The predicted octanol–water partition coefficient (Wildman–Crippen LogP) is 2.15. The third kappa shape index (κ3) is 3.94. The van der Waals surface area contributed by atoms with Crippen LogP contribution in [0.25, 0.3) is 6.08 Å². The minimum Gasteiger partial charge on any atom is -0.355 e. The van der Waals surface area contributed by atoms with Crippen LogP contribution in [-0.2, 0) is 7.05 Å². The predicted molar refractivity (Wildman–Crippen MR) is 131 cm³/mol. The van der Waals surface area contributed by atoms with Gasteiger partial charge < -0.3 is 20.1 Å². The number of nitrogens with zero attached hydrogens (tertiary/aromatic N) is 7. The third-order valence-corrected chi connectivity index (χ3v) is 6.74. The maximum atomic E-state index is 9.25. The highest BCUT2D eigenvalue weighted by Crippen LogP contribution is 2.33. The lowest BCUT2D eigenvalue weighted by Crippen LogP contribution is -2.51. The summed E-state index contributed by atoms with van der Waals surface area (Å²) < 4.78 is 2.05. The zero-order chi connectivity index (χ0) is 23.1. The molecule has 0 radical (unpaired) electrons. The Morgan fingerprint density at radius 2 is 1.82 bits per heavy atom. The average molecular weight is 443 g/mol. The first-order valence-corrected chi connectivity index (χ1v) is 11.4. The van der Waals surface area contributed by atoms with Crippen molar-refractivity contribution in [1.82, 2.24) is 19.4 Å². The molecule has 8 nitrogen and oxygen atoms in total. The summed E-state index contributed by atoms with van der Waals surface area (Å²) in [6.07, 6.45) is 8.15. The molecule has 0 spiro atoms. The lowest BCUT2D eigenvalue weighted by Gasteiger charge is -2.41. The fraction of sp³-hybridized carbons (Fsp3) is 0.400. The standard InChI is InChI=1S/C25H30N8/c1-30-14-19(12-22-24(30)32(3)16-28-22)21-15-31(2)25(33-10-8-20(27)9-11-33)29-23(21)18-6-4-17(13-26)5-7-18/h4-7,12,15-16,20,25H,8-11,14,27H2,1-3H3. The number of benzene rings is 1. The van der Waals surface area contributed by atoms with Crippen molar-refractivity contribution in [2.45, 2.75) is 25.2 Å². The number of aromatic nitrogens is 2. The van der Waals surface area contributed by atoms with Crippen molar-refractivity contribution in [3.8, 4) is 6.07 Å². The molecule has 4 heterocycles. The van der Waals surface area contributed by atoms with Gasteiger partial charge in [0, 0.05) is 64.2 Å². The van der Waals surface area contributed by atoms with Crippen LogP contribution >= 0.6 is 0 Å². The van der Waals surface area contributed by atoms with Gasteiger partial charge in [-0.25, -0.2) is 9.98 Å². The Balaban J connectivity index is 1.56. The van der Waals surface area contributed by atoms with E-state index in [1.807, 2.05) is 37.6 Å². The summed E-state index contributed by atoms with van der Waals surface area (Å²) in [6, 6.07) is 10.2. The largest absolute Gasteiger partial charge is 0.355 e. The van der Waals surface area contributed by atoms with Crippen molar-refractivity contribution in [2.24, 2.45) is 17.8 Å². The number of likely N-dealkylation sites (tertiary alicyclic amines) is 1. The number of aliphatic imine (C=N–C) groups is 1. The molecule has 0 bridgehead atoms. The second-order valence-electron chi connectivity index (χ2n) is 9.18. The average Bonchev–Trinajstić information content (AvgIpc) is 3.21. The van der Waals surface area contributed by atoms with Gasteiger partial charge in [-0.1, -0.05) is 12.1 Å². The SMILES string of the molecule is CN1CC(C2=CN(C)C(N3CCC(N)CC3)N=C2c2ccc(C#N)cc2)=Cc2ncn(C)c21. The van der Waals surface area contributed by atoms with Crippen molar-refractivity contribution in [2.75, 3.05) is 38.6 Å². The van der Waals surface area contributed by atoms with E-state index in [0.717, 1.165) is 60.8 Å². The van der Waals surface area contributed by atoms with Gasteiger partial charge in [-0.2, -0.15) is 5.26 Å². The van der Waals surface area contributed by atoms with E-state index in [2.05, 4.69) is 56.7 Å². The Bertz CT molecular complexity index is 1170. The van der Waals surface area contributed by atoms with Crippen molar-refractivity contribution in [3.05, 3.63) is 64.8 Å². The summed E-state index contributed by atoms with van der Waals surface area (Å²) in [4.78, 5) is 16.7. The van der Waals surface area contributed by atoms with Gasteiger partial charge in [0.25, 0.3) is 0 Å². The van der Waals surface area contributed by atoms with Crippen LogP contribution in [0.1, 0.15) is 29.7 Å². The molecule has 2 N–H and O–H groups in total. The fourth-order valence-electron chi connectivity index (χ4n) is 4.98.